The van der Waals surface area contributed by atoms with Gasteiger partial charge in [-0.25, -0.2) is 0 Å². The molecule has 0 bridgehead atoms. The quantitative estimate of drug-likeness (QED) is 0.179. The number of carbonyl (C=O) groups excluding carboxylic acids is 3. The van der Waals surface area contributed by atoms with E-state index in [1.165, 1.54) is 11.1 Å². The summed E-state index contributed by atoms with van der Waals surface area (Å²) in [6.07, 6.45) is 0.0439. The molecule has 0 spiro atoms. The van der Waals surface area contributed by atoms with Crippen molar-refractivity contribution in [2.75, 3.05) is 18.1 Å². The molecule has 1 aliphatic heterocycles. The summed E-state index contributed by atoms with van der Waals surface area (Å²) in [5.41, 5.74) is 3.45. The van der Waals surface area contributed by atoms with Crippen LogP contribution in [0.3, 0.4) is 0 Å². The first-order valence-corrected chi connectivity index (χ1v) is 13.3. The molecule has 0 aromatic heterocycles. The second-order valence-corrected chi connectivity index (χ2v) is 10.4. The maximum atomic E-state index is 12.7. The van der Waals surface area contributed by atoms with E-state index < -0.39 is 11.9 Å². The van der Waals surface area contributed by atoms with Gasteiger partial charge in [-0.05, 0) is 47.5 Å². The number of hydrogen-bond acceptors (Lipinski definition) is 5. The molecule has 1 saturated heterocycles. The maximum absolute atomic E-state index is 12.7. The Morgan fingerprint density at radius 3 is 1.95 bits per heavy atom. The van der Waals surface area contributed by atoms with Gasteiger partial charge in [-0.2, -0.15) is 0 Å². The number of hydrogen-bond donors (Lipinski definition) is 0. The van der Waals surface area contributed by atoms with Crippen molar-refractivity contribution in [3.05, 3.63) is 126 Å². The summed E-state index contributed by atoms with van der Waals surface area (Å²) in [6.45, 7) is 4.26. The smallest absolute Gasteiger partial charge is 0.311 e. The Balaban J connectivity index is 1.16. The van der Waals surface area contributed by atoms with Gasteiger partial charge in [0, 0.05) is 29.6 Å². The normalized spacial score (nSPS) is 15.1. The van der Waals surface area contributed by atoms with Crippen LogP contribution in [0.15, 0.2) is 109 Å². The van der Waals surface area contributed by atoms with Gasteiger partial charge in [0.2, 0.25) is 5.91 Å². The number of ether oxygens (including phenoxy) is 2. The predicted octanol–water partition coefficient (Wildman–Crippen LogP) is 6.58. The number of amides is 1. The second-order valence-electron chi connectivity index (χ2n) is 10.4. The van der Waals surface area contributed by atoms with Crippen LogP contribution in [0.1, 0.15) is 41.8 Å². The molecule has 0 saturated carbocycles. The van der Waals surface area contributed by atoms with Crippen LogP contribution in [-0.2, 0) is 19.7 Å². The SMILES string of the molecule is CC(C)(c1ccccc1)c1ccc(Oc2ccc(N3C[C@@H](C(=O)OCC(=O)c4ccccc4)CC3=O)cc2)cc1. The van der Waals surface area contributed by atoms with E-state index in [-0.39, 0.29) is 36.7 Å². The third kappa shape index (κ3) is 5.96. The third-order valence-corrected chi connectivity index (χ3v) is 7.36. The Morgan fingerprint density at radius 2 is 1.32 bits per heavy atom. The minimum Gasteiger partial charge on any atom is -0.457 e. The summed E-state index contributed by atoms with van der Waals surface area (Å²) >= 11 is 0. The van der Waals surface area contributed by atoms with Crippen LogP contribution >= 0.6 is 0 Å². The second kappa shape index (κ2) is 11.6. The first kappa shape index (κ1) is 26.9. The topological polar surface area (TPSA) is 72.9 Å². The van der Waals surface area contributed by atoms with E-state index in [0.29, 0.717) is 22.7 Å². The fourth-order valence-electron chi connectivity index (χ4n) is 4.87. The summed E-state index contributed by atoms with van der Waals surface area (Å²) in [4.78, 5) is 39.0. The van der Waals surface area contributed by atoms with Crippen molar-refractivity contribution >= 4 is 23.3 Å². The molecule has 0 radical (unpaired) electrons. The highest BCUT2D eigenvalue weighted by Crippen LogP contribution is 2.34. The summed E-state index contributed by atoms with van der Waals surface area (Å²) < 4.78 is 11.3. The Morgan fingerprint density at radius 1 is 0.775 bits per heavy atom. The molecule has 5 rings (SSSR count). The van der Waals surface area contributed by atoms with Gasteiger partial charge in [-0.3, -0.25) is 14.4 Å². The molecule has 40 heavy (non-hydrogen) atoms. The molecule has 4 aromatic rings. The maximum Gasteiger partial charge on any atom is 0.311 e. The summed E-state index contributed by atoms with van der Waals surface area (Å²) in [5.74, 6) is -0.252. The first-order chi connectivity index (χ1) is 19.3. The lowest BCUT2D eigenvalue weighted by atomic mass is 9.78. The summed E-state index contributed by atoms with van der Waals surface area (Å²) in [7, 11) is 0. The number of esters is 1. The van der Waals surface area contributed by atoms with Gasteiger partial charge in [0.05, 0.1) is 5.92 Å². The molecule has 6 nitrogen and oxygen atoms in total. The van der Waals surface area contributed by atoms with Crippen LogP contribution < -0.4 is 9.64 Å². The van der Waals surface area contributed by atoms with E-state index >= 15 is 0 Å². The average molecular weight is 534 g/mol. The number of ketones is 1. The number of anilines is 1. The lowest BCUT2D eigenvalue weighted by Crippen LogP contribution is -2.27. The van der Waals surface area contributed by atoms with Crippen LogP contribution in [0.4, 0.5) is 5.69 Å². The van der Waals surface area contributed by atoms with Crippen LogP contribution in [0.2, 0.25) is 0 Å². The number of Topliss-reactive ketones (excluding diaryl/α,β-unsaturated/α-hetero) is 1. The molecule has 1 atom stereocenters. The molecule has 4 aromatic carbocycles. The molecule has 202 valence electrons. The molecule has 0 aliphatic carbocycles. The van der Waals surface area contributed by atoms with Gasteiger partial charge in [0.25, 0.3) is 0 Å². The van der Waals surface area contributed by atoms with Crippen LogP contribution in [0, 0.1) is 5.92 Å². The van der Waals surface area contributed by atoms with Gasteiger partial charge in [0.1, 0.15) is 11.5 Å². The Labute approximate surface area is 234 Å². The molecule has 1 heterocycles. The van der Waals surface area contributed by atoms with Crippen molar-refractivity contribution in [1.82, 2.24) is 0 Å². The largest absolute Gasteiger partial charge is 0.457 e. The molecular formula is C34H31NO5. The van der Waals surface area contributed by atoms with Crippen molar-refractivity contribution in [3.63, 3.8) is 0 Å². The summed E-state index contributed by atoms with van der Waals surface area (Å²) in [5, 5.41) is 0. The van der Waals surface area contributed by atoms with E-state index in [1.54, 1.807) is 53.4 Å². The Kier molecular flexibility index (Phi) is 7.78. The Hall–Kier alpha value is -4.71. The molecule has 1 amide bonds. The minimum absolute atomic E-state index is 0.0439. The lowest BCUT2D eigenvalue weighted by Gasteiger charge is -2.26. The molecule has 1 fully saturated rings. The van der Waals surface area contributed by atoms with Crippen molar-refractivity contribution in [3.8, 4) is 11.5 Å². The summed E-state index contributed by atoms with van der Waals surface area (Å²) in [6, 6.07) is 34.3. The van der Waals surface area contributed by atoms with E-state index in [4.69, 9.17) is 9.47 Å². The predicted molar refractivity (Wildman–Crippen MR) is 154 cm³/mol. The van der Waals surface area contributed by atoms with Gasteiger partial charge in [-0.15, -0.1) is 0 Å². The first-order valence-electron chi connectivity index (χ1n) is 13.3. The highest BCUT2D eigenvalue weighted by molar-refractivity contribution is 6.01. The van der Waals surface area contributed by atoms with Gasteiger partial charge in [0.15, 0.2) is 12.4 Å². The van der Waals surface area contributed by atoms with Crippen molar-refractivity contribution < 1.29 is 23.9 Å². The molecule has 0 N–H and O–H groups in total. The highest BCUT2D eigenvalue weighted by Gasteiger charge is 2.36. The molecule has 6 heteroatoms. The fraction of sp³-hybridized carbons (Fsp3) is 0.206. The lowest BCUT2D eigenvalue weighted by molar-refractivity contribution is -0.147. The van der Waals surface area contributed by atoms with E-state index in [9.17, 15) is 14.4 Å². The van der Waals surface area contributed by atoms with Crippen molar-refractivity contribution in [1.29, 1.82) is 0 Å². The number of carbonyl (C=O) groups is 3. The van der Waals surface area contributed by atoms with Crippen molar-refractivity contribution in [2.24, 2.45) is 5.92 Å². The monoisotopic (exact) mass is 533 g/mol. The van der Waals surface area contributed by atoms with Crippen molar-refractivity contribution in [2.45, 2.75) is 25.7 Å². The third-order valence-electron chi connectivity index (χ3n) is 7.36. The molecule has 0 unspecified atom stereocenters. The average Bonchev–Trinajstić information content (AvgIpc) is 3.39. The zero-order chi connectivity index (χ0) is 28.1. The van der Waals surface area contributed by atoms with E-state index in [1.807, 2.05) is 24.3 Å². The minimum atomic E-state index is -0.620. The van der Waals surface area contributed by atoms with Crippen LogP contribution in [-0.4, -0.2) is 30.8 Å². The number of benzene rings is 4. The zero-order valence-electron chi connectivity index (χ0n) is 22.6. The standard InChI is InChI=1S/C34H31NO5/c1-34(2,26-11-7-4-8-12-26)27-13-17-29(18-14-27)40-30-19-15-28(16-20-30)35-22-25(21-32(35)37)33(38)39-23-31(36)24-9-5-3-6-10-24/h3-20,25H,21-23H2,1-2H3/t25-/m0/s1. The zero-order valence-corrected chi connectivity index (χ0v) is 22.6. The van der Waals surface area contributed by atoms with Gasteiger partial charge >= 0.3 is 5.97 Å². The Bertz CT molecular complexity index is 1480. The van der Waals surface area contributed by atoms with Crippen LogP contribution in [0.5, 0.6) is 11.5 Å². The highest BCUT2D eigenvalue weighted by atomic mass is 16.5. The molecular weight excluding hydrogens is 502 g/mol. The fourth-order valence-corrected chi connectivity index (χ4v) is 4.87. The van der Waals surface area contributed by atoms with Crippen LogP contribution in [0.25, 0.3) is 0 Å². The van der Waals surface area contributed by atoms with Gasteiger partial charge in [-0.1, -0.05) is 86.6 Å². The van der Waals surface area contributed by atoms with E-state index in [0.717, 1.165) is 0 Å². The van der Waals surface area contributed by atoms with E-state index in [2.05, 4.69) is 50.2 Å². The number of nitrogens with zero attached hydrogens (tertiary/aromatic N) is 1. The van der Waals surface area contributed by atoms with Gasteiger partial charge < -0.3 is 14.4 Å². The number of rotatable bonds is 9. The molecule has 1 aliphatic rings.